The summed E-state index contributed by atoms with van der Waals surface area (Å²) in [5.74, 6) is 0.336. The zero-order chi connectivity index (χ0) is 8.97. The number of carbonyl (C=O) groups excluding carboxylic acids is 1. The topological polar surface area (TPSA) is 54.9 Å². The van der Waals surface area contributed by atoms with Crippen molar-refractivity contribution in [2.24, 2.45) is 0 Å². The second-order valence-electron chi connectivity index (χ2n) is 2.21. The van der Waals surface area contributed by atoms with Crippen LogP contribution in [0.5, 0.6) is 0 Å². The van der Waals surface area contributed by atoms with Crippen LogP contribution in [0.15, 0.2) is 12.4 Å². The highest BCUT2D eigenvalue weighted by atomic mass is 79.9. The van der Waals surface area contributed by atoms with Gasteiger partial charge in [-0.3, -0.25) is 9.78 Å². The van der Waals surface area contributed by atoms with Crippen molar-refractivity contribution in [1.29, 1.82) is 0 Å². The summed E-state index contributed by atoms with van der Waals surface area (Å²) >= 11 is 3.24. The molecule has 0 saturated heterocycles. The third kappa shape index (κ3) is 2.58. The Labute approximate surface area is 78.5 Å². The number of alkyl halides is 1. The van der Waals surface area contributed by atoms with E-state index in [2.05, 4.69) is 31.2 Å². The summed E-state index contributed by atoms with van der Waals surface area (Å²) in [5, 5.41) is 3.20. The SMILES string of the molecule is CC(=O)Nc1cnc(CBr)cn1. The van der Waals surface area contributed by atoms with E-state index in [9.17, 15) is 4.79 Å². The normalized spacial score (nSPS) is 9.50. The molecule has 0 spiro atoms. The molecule has 1 aromatic heterocycles. The summed E-state index contributed by atoms with van der Waals surface area (Å²) in [4.78, 5) is 18.6. The van der Waals surface area contributed by atoms with Gasteiger partial charge in [-0.15, -0.1) is 0 Å². The number of anilines is 1. The number of amides is 1. The molecule has 0 atom stereocenters. The van der Waals surface area contributed by atoms with Gasteiger partial charge < -0.3 is 5.32 Å². The van der Waals surface area contributed by atoms with Gasteiger partial charge >= 0.3 is 0 Å². The Hall–Kier alpha value is -0.970. The van der Waals surface area contributed by atoms with Gasteiger partial charge in [-0.1, -0.05) is 15.9 Å². The maximum Gasteiger partial charge on any atom is 0.222 e. The highest BCUT2D eigenvalue weighted by Gasteiger charge is 1.97. The highest BCUT2D eigenvalue weighted by Crippen LogP contribution is 2.03. The maximum absolute atomic E-state index is 10.6. The van der Waals surface area contributed by atoms with E-state index in [1.165, 1.54) is 13.1 Å². The molecule has 0 aliphatic rings. The Morgan fingerprint density at radius 3 is 2.75 bits per heavy atom. The molecule has 0 bridgehead atoms. The van der Waals surface area contributed by atoms with E-state index in [1.54, 1.807) is 6.20 Å². The fourth-order valence-corrected chi connectivity index (χ4v) is 0.958. The number of hydrogen-bond acceptors (Lipinski definition) is 3. The second kappa shape index (κ2) is 4.15. The average Bonchev–Trinajstić information content (AvgIpc) is 2.05. The molecule has 64 valence electrons. The van der Waals surface area contributed by atoms with E-state index in [-0.39, 0.29) is 5.91 Å². The van der Waals surface area contributed by atoms with Crippen LogP contribution in [0.2, 0.25) is 0 Å². The van der Waals surface area contributed by atoms with E-state index in [1.807, 2.05) is 0 Å². The molecule has 1 aromatic rings. The molecule has 1 amide bonds. The van der Waals surface area contributed by atoms with E-state index >= 15 is 0 Å². The van der Waals surface area contributed by atoms with Crippen LogP contribution in [-0.2, 0) is 10.1 Å². The molecule has 1 heterocycles. The first-order valence-corrected chi connectivity index (χ1v) is 4.49. The molecule has 0 fully saturated rings. The zero-order valence-electron chi connectivity index (χ0n) is 6.54. The van der Waals surface area contributed by atoms with Crippen molar-refractivity contribution in [3.8, 4) is 0 Å². The van der Waals surface area contributed by atoms with E-state index in [4.69, 9.17) is 0 Å². The summed E-state index contributed by atoms with van der Waals surface area (Å²) in [6, 6.07) is 0. The number of nitrogens with one attached hydrogen (secondary N) is 1. The van der Waals surface area contributed by atoms with Gasteiger partial charge in [0.15, 0.2) is 5.82 Å². The minimum Gasteiger partial charge on any atom is -0.310 e. The van der Waals surface area contributed by atoms with E-state index in [0.717, 1.165) is 5.69 Å². The standard InChI is InChI=1S/C7H8BrN3O/c1-5(12)11-7-4-9-6(2-8)3-10-7/h3-4H,2H2,1H3,(H,10,11,12). The van der Waals surface area contributed by atoms with Crippen LogP contribution in [0.3, 0.4) is 0 Å². The molecular formula is C7H8BrN3O. The Bertz CT molecular complexity index is 272. The molecule has 0 aliphatic heterocycles. The van der Waals surface area contributed by atoms with Gasteiger partial charge in [-0.25, -0.2) is 4.98 Å². The van der Waals surface area contributed by atoms with Crippen molar-refractivity contribution in [3.05, 3.63) is 18.1 Å². The Balaban J connectivity index is 2.71. The van der Waals surface area contributed by atoms with Gasteiger partial charge in [-0.05, 0) is 0 Å². The van der Waals surface area contributed by atoms with Gasteiger partial charge in [-0.2, -0.15) is 0 Å². The molecule has 0 aliphatic carbocycles. The Morgan fingerprint density at radius 1 is 1.58 bits per heavy atom. The molecular weight excluding hydrogens is 222 g/mol. The zero-order valence-corrected chi connectivity index (χ0v) is 8.13. The van der Waals surface area contributed by atoms with Crippen molar-refractivity contribution >= 4 is 27.7 Å². The van der Waals surface area contributed by atoms with E-state index in [0.29, 0.717) is 11.1 Å². The summed E-state index contributed by atoms with van der Waals surface area (Å²) in [6.45, 7) is 1.43. The number of rotatable bonds is 2. The van der Waals surface area contributed by atoms with Crippen LogP contribution in [0.4, 0.5) is 5.82 Å². The number of aromatic nitrogens is 2. The van der Waals surface area contributed by atoms with Gasteiger partial charge in [0.05, 0.1) is 18.1 Å². The molecule has 0 unspecified atom stereocenters. The molecule has 1 rings (SSSR count). The van der Waals surface area contributed by atoms with Gasteiger partial charge in [0, 0.05) is 12.3 Å². The van der Waals surface area contributed by atoms with Gasteiger partial charge in [0.2, 0.25) is 5.91 Å². The molecule has 5 heteroatoms. The molecule has 0 aromatic carbocycles. The smallest absolute Gasteiger partial charge is 0.222 e. The van der Waals surface area contributed by atoms with Crippen LogP contribution < -0.4 is 5.32 Å². The van der Waals surface area contributed by atoms with Crippen LogP contribution in [0.1, 0.15) is 12.6 Å². The predicted octanol–water partition coefficient (Wildman–Crippen LogP) is 1.33. The minimum absolute atomic E-state index is 0.143. The predicted molar refractivity (Wildman–Crippen MR) is 49.0 cm³/mol. The van der Waals surface area contributed by atoms with Crippen LogP contribution in [0.25, 0.3) is 0 Å². The lowest BCUT2D eigenvalue weighted by Gasteiger charge is -1.99. The van der Waals surface area contributed by atoms with Crippen molar-refractivity contribution < 1.29 is 4.79 Å². The van der Waals surface area contributed by atoms with E-state index < -0.39 is 0 Å². The fraction of sp³-hybridized carbons (Fsp3) is 0.286. The Morgan fingerprint density at radius 2 is 2.33 bits per heavy atom. The Kier molecular flexibility index (Phi) is 3.16. The summed E-state index contributed by atoms with van der Waals surface area (Å²) in [5.41, 5.74) is 0.837. The first-order valence-electron chi connectivity index (χ1n) is 3.37. The molecule has 12 heavy (non-hydrogen) atoms. The average molecular weight is 230 g/mol. The number of nitrogens with zero attached hydrogens (tertiary/aromatic N) is 2. The quantitative estimate of drug-likeness (QED) is 0.779. The van der Waals surface area contributed by atoms with Crippen molar-refractivity contribution in [3.63, 3.8) is 0 Å². The number of hydrogen-bond donors (Lipinski definition) is 1. The second-order valence-corrected chi connectivity index (χ2v) is 2.77. The first-order chi connectivity index (χ1) is 5.72. The lowest BCUT2D eigenvalue weighted by atomic mass is 10.5. The lowest BCUT2D eigenvalue weighted by molar-refractivity contribution is -0.114. The van der Waals surface area contributed by atoms with Crippen molar-refractivity contribution in [2.75, 3.05) is 5.32 Å². The number of carbonyl (C=O) groups is 1. The fourth-order valence-electron chi connectivity index (χ4n) is 0.669. The van der Waals surface area contributed by atoms with Gasteiger partial charge in [0.1, 0.15) is 0 Å². The summed E-state index contributed by atoms with van der Waals surface area (Å²) in [7, 11) is 0. The van der Waals surface area contributed by atoms with Crippen LogP contribution >= 0.6 is 15.9 Å². The summed E-state index contributed by atoms with van der Waals surface area (Å²) in [6.07, 6.45) is 3.14. The highest BCUT2D eigenvalue weighted by molar-refractivity contribution is 9.08. The third-order valence-electron chi connectivity index (χ3n) is 1.15. The maximum atomic E-state index is 10.6. The van der Waals surface area contributed by atoms with Crippen molar-refractivity contribution in [1.82, 2.24) is 9.97 Å². The monoisotopic (exact) mass is 229 g/mol. The van der Waals surface area contributed by atoms with Gasteiger partial charge in [0.25, 0.3) is 0 Å². The largest absolute Gasteiger partial charge is 0.310 e. The third-order valence-corrected chi connectivity index (χ3v) is 1.72. The first kappa shape index (κ1) is 9.12. The van der Waals surface area contributed by atoms with Crippen LogP contribution in [0, 0.1) is 0 Å². The number of halogens is 1. The van der Waals surface area contributed by atoms with Crippen LogP contribution in [-0.4, -0.2) is 15.9 Å². The molecule has 0 radical (unpaired) electrons. The lowest BCUT2D eigenvalue weighted by Crippen LogP contribution is -2.07. The molecule has 0 saturated carbocycles. The molecule has 4 nitrogen and oxygen atoms in total. The summed E-state index contributed by atoms with van der Waals surface area (Å²) < 4.78 is 0. The van der Waals surface area contributed by atoms with Crippen molar-refractivity contribution in [2.45, 2.75) is 12.3 Å². The minimum atomic E-state index is -0.143. The molecule has 1 N–H and O–H groups in total.